The quantitative estimate of drug-likeness (QED) is 0.125. The second-order valence-corrected chi connectivity index (χ2v) is 11.0. The molecular weight excluding hydrogens is 535 g/mol. The van der Waals surface area contributed by atoms with Gasteiger partial charge in [0.05, 0.1) is 11.0 Å². The maximum absolute atomic E-state index is 14.6. The Labute approximate surface area is 240 Å². The molecule has 1 aliphatic carbocycles. The van der Waals surface area contributed by atoms with Gasteiger partial charge in [-0.3, -0.25) is 24.5 Å². The smallest absolute Gasteiger partial charge is 0.269 e. The Kier molecular flexibility index (Phi) is 5.59. The number of benzene rings is 4. The van der Waals surface area contributed by atoms with Crippen molar-refractivity contribution in [2.24, 2.45) is 5.41 Å². The van der Waals surface area contributed by atoms with Crippen LogP contribution in [-0.4, -0.2) is 34.4 Å². The third kappa shape index (κ3) is 3.41. The number of ketones is 3. The molecule has 0 amide bonds. The van der Waals surface area contributed by atoms with Crippen molar-refractivity contribution in [3.8, 4) is 0 Å². The van der Waals surface area contributed by atoms with E-state index in [1.807, 2.05) is 19.1 Å². The van der Waals surface area contributed by atoms with Gasteiger partial charge in [-0.1, -0.05) is 78.4 Å². The molecule has 1 spiro atoms. The lowest BCUT2D eigenvalue weighted by molar-refractivity contribution is -0.384. The van der Waals surface area contributed by atoms with Gasteiger partial charge in [-0.25, -0.2) is 4.39 Å². The molecule has 4 aromatic rings. The first kappa shape index (κ1) is 25.7. The second-order valence-electron chi connectivity index (χ2n) is 11.0. The van der Waals surface area contributed by atoms with Crippen LogP contribution in [0.2, 0.25) is 0 Å². The Morgan fingerprint density at radius 3 is 2.17 bits per heavy atom. The number of hydrogen-bond donors (Lipinski definition) is 0. The summed E-state index contributed by atoms with van der Waals surface area (Å²) >= 11 is 0. The molecule has 7 nitrogen and oxygen atoms in total. The number of halogens is 1. The van der Waals surface area contributed by atoms with E-state index in [1.165, 1.54) is 36.4 Å². The summed E-state index contributed by atoms with van der Waals surface area (Å²) in [5.74, 6) is -2.60. The largest absolute Gasteiger partial charge is 0.352 e. The molecule has 0 radical (unpaired) electrons. The highest BCUT2D eigenvalue weighted by Crippen LogP contribution is 2.61. The number of carbonyl (C=O) groups excluding carboxylic acids is 3. The number of carbonyl (C=O) groups is 3. The molecule has 0 bridgehead atoms. The molecule has 7 rings (SSSR count). The van der Waals surface area contributed by atoms with Crippen molar-refractivity contribution in [1.29, 1.82) is 0 Å². The van der Waals surface area contributed by atoms with Gasteiger partial charge in [-0.15, -0.1) is 0 Å². The molecule has 206 valence electrons. The second kappa shape index (κ2) is 9.14. The van der Waals surface area contributed by atoms with Crippen molar-refractivity contribution in [1.82, 2.24) is 0 Å². The molecule has 3 atom stereocenters. The van der Waals surface area contributed by atoms with Crippen LogP contribution in [0.3, 0.4) is 0 Å². The highest BCUT2D eigenvalue weighted by atomic mass is 19.1. The van der Waals surface area contributed by atoms with Gasteiger partial charge in [-0.05, 0) is 30.7 Å². The lowest BCUT2D eigenvalue weighted by atomic mass is 9.64. The Morgan fingerprint density at radius 2 is 1.55 bits per heavy atom. The van der Waals surface area contributed by atoms with Crippen molar-refractivity contribution in [3.63, 3.8) is 0 Å². The molecule has 1 unspecified atom stereocenters. The fraction of sp³-hybridized carbons (Fsp3) is 0.147. The summed E-state index contributed by atoms with van der Waals surface area (Å²) in [6, 6.07) is 21.7. The molecular formula is C34H23FN2O5. The molecule has 1 saturated heterocycles. The van der Waals surface area contributed by atoms with E-state index in [2.05, 4.69) is 0 Å². The van der Waals surface area contributed by atoms with Gasteiger partial charge in [0.25, 0.3) is 5.69 Å². The molecule has 0 aromatic heterocycles. The number of hydrogen-bond acceptors (Lipinski definition) is 6. The molecule has 4 aromatic carbocycles. The Balaban J connectivity index is 1.54. The predicted octanol–water partition coefficient (Wildman–Crippen LogP) is 6.36. The predicted molar refractivity (Wildman–Crippen MR) is 154 cm³/mol. The lowest BCUT2D eigenvalue weighted by Crippen LogP contribution is -2.48. The van der Waals surface area contributed by atoms with Crippen LogP contribution in [0.15, 0.2) is 97.1 Å². The zero-order chi connectivity index (χ0) is 29.3. The van der Waals surface area contributed by atoms with E-state index in [9.17, 15) is 28.9 Å². The van der Waals surface area contributed by atoms with E-state index in [0.29, 0.717) is 22.4 Å². The summed E-state index contributed by atoms with van der Waals surface area (Å²) in [5, 5.41) is 11.5. The molecule has 2 heterocycles. The fourth-order valence-electron chi connectivity index (χ4n) is 7.01. The zero-order valence-electron chi connectivity index (χ0n) is 22.4. The van der Waals surface area contributed by atoms with E-state index in [4.69, 9.17) is 0 Å². The summed E-state index contributed by atoms with van der Waals surface area (Å²) in [7, 11) is 0. The number of non-ortho nitro benzene ring substituents is 1. The minimum Gasteiger partial charge on any atom is -0.352 e. The average Bonchev–Trinajstić information content (AvgIpc) is 3.43. The van der Waals surface area contributed by atoms with Gasteiger partial charge >= 0.3 is 0 Å². The summed E-state index contributed by atoms with van der Waals surface area (Å²) < 4.78 is 14.4. The average molecular weight is 559 g/mol. The highest BCUT2D eigenvalue weighted by Gasteiger charge is 2.71. The highest BCUT2D eigenvalue weighted by molar-refractivity contribution is 6.32. The monoisotopic (exact) mass is 558 g/mol. The van der Waals surface area contributed by atoms with Crippen LogP contribution >= 0.6 is 0 Å². The molecule has 3 aliphatic rings. The van der Waals surface area contributed by atoms with Crippen LogP contribution in [-0.2, 0) is 0 Å². The number of nitrogens with zero attached hydrogens (tertiary/aromatic N) is 2. The summed E-state index contributed by atoms with van der Waals surface area (Å²) in [5.41, 5.74) is 1.49. The molecule has 2 aliphatic heterocycles. The van der Waals surface area contributed by atoms with Gasteiger partial charge in [-0.2, -0.15) is 0 Å². The molecule has 0 saturated carbocycles. The molecule has 0 N–H and O–H groups in total. The Hall–Kier alpha value is -5.24. The number of nitro groups is 1. The van der Waals surface area contributed by atoms with Crippen LogP contribution < -0.4 is 4.90 Å². The van der Waals surface area contributed by atoms with Gasteiger partial charge in [0.1, 0.15) is 17.3 Å². The zero-order valence-corrected chi connectivity index (χ0v) is 22.4. The van der Waals surface area contributed by atoms with Crippen molar-refractivity contribution in [2.45, 2.75) is 24.9 Å². The number of rotatable bonds is 4. The van der Waals surface area contributed by atoms with Gasteiger partial charge < -0.3 is 4.90 Å². The van der Waals surface area contributed by atoms with Crippen molar-refractivity contribution >= 4 is 34.8 Å². The third-order valence-corrected chi connectivity index (χ3v) is 8.83. The minimum atomic E-state index is -1.74. The maximum atomic E-state index is 14.6. The van der Waals surface area contributed by atoms with Crippen LogP contribution in [0.25, 0.3) is 6.08 Å². The molecule has 42 heavy (non-hydrogen) atoms. The van der Waals surface area contributed by atoms with Crippen LogP contribution in [0.5, 0.6) is 0 Å². The van der Waals surface area contributed by atoms with Gasteiger partial charge in [0.2, 0.25) is 0 Å². The molecule has 8 heteroatoms. The summed E-state index contributed by atoms with van der Waals surface area (Å²) in [6.07, 6.45) is 3.40. The van der Waals surface area contributed by atoms with E-state index < -0.39 is 45.7 Å². The topological polar surface area (TPSA) is 97.6 Å². The number of anilines is 1. The normalized spacial score (nSPS) is 21.3. The first-order valence-corrected chi connectivity index (χ1v) is 13.5. The van der Waals surface area contributed by atoms with E-state index in [0.717, 1.165) is 5.56 Å². The number of Topliss-reactive ketones (excluding diaryl/α,β-unsaturated/α-hetero) is 3. The summed E-state index contributed by atoms with van der Waals surface area (Å²) in [4.78, 5) is 56.5. The van der Waals surface area contributed by atoms with E-state index >= 15 is 0 Å². The van der Waals surface area contributed by atoms with E-state index in [1.54, 1.807) is 59.5 Å². The van der Waals surface area contributed by atoms with Crippen molar-refractivity contribution in [2.75, 3.05) is 4.90 Å². The Morgan fingerprint density at radius 1 is 0.905 bits per heavy atom. The van der Waals surface area contributed by atoms with Crippen molar-refractivity contribution < 1.29 is 23.7 Å². The van der Waals surface area contributed by atoms with Crippen molar-refractivity contribution in [3.05, 3.63) is 146 Å². The van der Waals surface area contributed by atoms with Crippen LogP contribution in [0.1, 0.15) is 53.7 Å². The first-order valence-electron chi connectivity index (χ1n) is 13.5. The molecule has 1 fully saturated rings. The minimum absolute atomic E-state index is 0.155. The standard InChI is InChI=1S/C34H23FN2O5/c1-19-6-8-21(9-7-19)31(38)30-29(20-10-14-24(15-11-20)37(41)42)34(32(39)25-4-2-3-5-26(25)33(34)40)28-17-12-22-18-23(35)13-16-27(22)36(28)30/h2-18,28-30H,1H3/t28?,29-,30+/m0/s1. The number of aryl methyl sites for hydroxylation is 1. The SMILES string of the molecule is Cc1ccc(C(=O)[C@H]2[C@H](c3ccc([N+](=O)[O-])cc3)C3(C(=O)c4ccccc4C3=O)C3C=Cc4cc(F)ccc4N32)cc1. The maximum Gasteiger partial charge on any atom is 0.269 e. The van der Waals surface area contributed by atoms with Crippen LogP contribution in [0, 0.1) is 28.3 Å². The Bertz CT molecular complexity index is 1830. The lowest BCUT2D eigenvalue weighted by Gasteiger charge is -2.37. The fourth-order valence-corrected chi connectivity index (χ4v) is 7.01. The first-order chi connectivity index (χ1) is 20.2. The van der Waals surface area contributed by atoms with Gasteiger partial charge in [0.15, 0.2) is 17.3 Å². The number of fused-ring (bicyclic) bond motifs is 5. The van der Waals surface area contributed by atoms with Crippen LogP contribution in [0.4, 0.5) is 15.8 Å². The third-order valence-electron chi connectivity index (χ3n) is 8.83. The number of nitro benzene ring substituents is 1. The van der Waals surface area contributed by atoms with E-state index in [-0.39, 0.29) is 22.6 Å². The summed E-state index contributed by atoms with van der Waals surface area (Å²) in [6.45, 7) is 1.90. The van der Waals surface area contributed by atoms with Gasteiger partial charge in [0, 0.05) is 46.0 Å².